The van der Waals surface area contributed by atoms with Gasteiger partial charge in [-0.2, -0.15) is 0 Å². The summed E-state index contributed by atoms with van der Waals surface area (Å²) in [7, 11) is 2.91. The average Bonchev–Trinajstić information content (AvgIpc) is 2.03. The molecule has 0 aromatic rings. The van der Waals surface area contributed by atoms with Crippen molar-refractivity contribution in [3.8, 4) is 0 Å². The third kappa shape index (κ3) is 3.69. The van der Waals surface area contributed by atoms with Crippen molar-refractivity contribution in [2.45, 2.75) is 19.4 Å². The molecule has 0 rings (SSSR count). The number of rotatable bonds is 5. The number of esters is 1. The van der Waals surface area contributed by atoms with E-state index < -0.39 is 5.60 Å². The van der Waals surface area contributed by atoms with E-state index in [2.05, 4.69) is 4.74 Å². The highest BCUT2D eigenvalue weighted by Gasteiger charge is 2.29. The summed E-state index contributed by atoms with van der Waals surface area (Å²) in [5.41, 5.74) is -0.882. The van der Waals surface area contributed by atoms with Gasteiger partial charge in [0.05, 0.1) is 20.3 Å². The van der Waals surface area contributed by atoms with Crippen LogP contribution in [0.25, 0.3) is 0 Å². The van der Waals surface area contributed by atoms with Crippen molar-refractivity contribution in [3.63, 3.8) is 0 Å². The van der Waals surface area contributed by atoms with Crippen LogP contribution in [-0.2, 0) is 19.0 Å². The zero-order valence-corrected chi connectivity index (χ0v) is 8.05. The summed E-state index contributed by atoms with van der Waals surface area (Å²) in [6.07, 6.45) is 0. The molecule has 0 unspecified atom stereocenters. The molecule has 0 aromatic heterocycles. The van der Waals surface area contributed by atoms with E-state index in [0.717, 1.165) is 0 Å². The lowest BCUT2D eigenvalue weighted by atomic mass is 10.1. The first-order valence-corrected chi connectivity index (χ1v) is 3.76. The number of hydrogen-bond donors (Lipinski definition) is 0. The van der Waals surface area contributed by atoms with Crippen LogP contribution in [0.1, 0.15) is 13.8 Å². The van der Waals surface area contributed by atoms with Gasteiger partial charge in [-0.1, -0.05) is 0 Å². The number of ether oxygens (including phenoxy) is 3. The fourth-order valence-electron chi connectivity index (χ4n) is 0.685. The fourth-order valence-corrected chi connectivity index (χ4v) is 0.685. The molecule has 0 spiro atoms. The third-order valence-electron chi connectivity index (χ3n) is 1.43. The van der Waals surface area contributed by atoms with E-state index in [0.29, 0.717) is 13.2 Å². The molecule has 4 heteroatoms. The van der Waals surface area contributed by atoms with Crippen molar-refractivity contribution in [2.24, 2.45) is 0 Å². The molecular formula is C8H16O4. The molecule has 0 N–H and O–H groups in total. The Morgan fingerprint density at radius 3 is 2.25 bits per heavy atom. The highest BCUT2D eigenvalue weighted by molar-refractivity contribution is 5.78. The van der Waals surface area contributed by atoms with Gasteiger partial charge in [-0.25, -0.2) is 4.79 Å². The maximum absolute atomic E-state index is 11.0. The molecular weight excluding hydrogens is 160 g/mol. The van der Waals surface area contributed by atoms with Gasteiger partial charge in [-0.05, 0) is 13.8 Å². The molecule has 0 amide bonds. The van der Waals surface area contributed by atoms with E-state index in [-0.39, 0.29) is 5.97 Å². The smallest absolute Gasteiger partial charge is 0.337 e. The maximum Gasteiger partial charge on any atom is 0.337 e. The van der Waals surface area contributed by atoms with Gasteiger partial charge >= 0.3 is 5.97 Å². The average molecular weight is 176 g/mol. The van der Waals surface area contributed by atoms with E-state index in [1.54, 1.807) is 21.0 Å². The van der Waals surface area contributed by atoms with E-state index in [1.807, 2.05) is 0 Å². The van der Waals surface area contributed by atoms with Gasteiger partial charge in [-0.3, -0.25) is 0 Å². The largest absolute Gasteiger partial charge is 0.467 e. The second-order valence-corrected chi connectivity index (χ2v) is 2.84. The summed E-state index contributed by atoms with van der Waals surface area (Å²) in [6.45, 7) is 4.18. The summed E-state index contributed by atoms with van der Waals surface area (Å²) in [6, 6.07) is 0. The normalized spacial score (nSPS) is 11.3. The van der Waals surface area contributed by atoms with E-state index >= 15 is 0 Å². The third-order valence-corrected chi connectivity index (χ3v) is 1.43. The van der Waals surface area contributed by atoms with Gasteiger partial charge < -0.3 is 14.2 Å². The molecule has 0 aliphatic rings. The van der Waals surface area contributed by atoms with Gasteiger partial charge in [0, 0.05) is 7.11 Å². The molecule has 0 saturated heterocycles. The van der Waals surface area contributed by atoms with Crippen LogP contribution in [0.4, 0.5) is 0 Å². The molecule has 0 aliphatic carbocycles. The van der Waals surface area contributed by atoms with Gasteiger partial charge in [-0.15, -0.1) is 0 Å². The van der Waals surface area contributed by atoms with Crippen molar-refractivity contribution >= 4 is 5.97 Å². The Bertz CT molecular complexity index is 142. The molecule has 0 fully saturated rings. The summed E-state index contributed by atoms with van der Waals surface area (Å²) in [5, 5.41) is 0. The Morgan fingerprint density at radius 2 is 1.83 bits per heavy atom. The minimum atomic E-state index is -0.882. The summed E-state index contributed by atoms with van der Waals surface area (Å²) in [5.74, 6) is -0.376. The Kier molecular flexibility index (Phi) is 4.85. The molecule has 12 heavy (non-hydrogen) atoms. The lowest BCUT2D eigenvalue weighted by molar-refractivity contribution is -0.166. The van der Waals surface area contributed by atoms with Crippen molar-refractivity contribution in [3.05, 3.63) is 0 Å². The van der Waals surface area contributed by atoms with Crippen LogP contribution >= 0.6 is 0 Å². The Morgan fingerprint density at radius 1 is 1.25 bits per heavy atom. The summed E-state index contributed by atoms with van der Waals surface area (Å²) >= 11 is 0. The minimum absolute atomic E-state index is 0.376. The fraction of sp³-hybridized carbons (Fsp3) is 0.875. The molecule has 0 radical (unpaired) electrons. The Hall–Kier alpha value is -0.610. The van der Waals surface area contributed by atoms with Crippen LogP contribution in [0.5, 0.6) is 0 Å². The lowest BCUT2D eigenvalue weighted by Crippen LogP contribution is -2.37. The topological polar surface area (TPSA) is 44.8 Å². The standard InChI is InChI=1S/C8H16O4/c1-8(2,7(9)11-4)12-6-5-10-3/h5-6H2,1-4H3. The van der Waals surface area contributed by atoms with Crippen molar-refractivity contribution < 1.29 is 19.0 Å². The highest BCUT2D eigenvalue weighted by Crippen LogP contribution is 2.10. The lowest BCUT2D eigenvalue weighted by Gasteiger charge is -2.21. The second-order valence-electron chi connectivity index (χ2n) is 2.84. The van der Waals surface area contributed by atoms with Crippen molar-refractivity contribution in [2.75, 3.05) is 27.4 Å². The SMILES string of the molecule is COCCOC(C)(C)C(=O)OC. The molecule has 0 atom stereocenters. The van der Waals surface area contributed by atoms with E-state index in [1.165, 1.54) is 7.11 Å². The van der Waals surface area contributed by atoms with Crippen LogP contribution in [0.3, 0.4) is 0 Å². The van der Waals surface area contributed by atoms with E-state index in [9.17, 15) is 4.79 Å². The number of carbonyl (C=O) groups is 1. The maximum atomic E-state index is 11.0. The molecule has 4 nitrogen and oxygen atoms in total. The number of carbonyl (C=O) groups excluding carboxylic acids is 1. The van der Waals surface area contributed by atoms with Crippen LogP contribution in [0.2, 0.25) is 0 Å². The first-order chi connectivity index (χ1) is 5.54. The van der Waals surface area contributed by atoms with Gasteiger partial charge in [0.25, 0.3) is 0 Å². The Balaban J connectivity index is 3.78. The van der Waals surface area contributed by atoms with E-state index in [4.69, 9.17) is 9.47 Å². The van der Waals surface area contributed by atoms with Crippen LogP contribution in [-0.4, -0.2) is 39.0 Å². The predicted molar refractivity (Wildman–Crippen MR) is 43.9 cm³/mol. The molecule has 0 heterocycles. The zero-order valence-electron chi connectivity index (χ0n) is 8.05. The molecule has 72 valence electrons. The van der Waals surface area contributed by atoms with Gasteiger partial charge in [0.15, 0.2) is 5.60 Å². The van der Waals surface area contributed by atoms with Crippen LogP contribution in [0, 0.1) is 0 Å². The van der Waals surface area contributed by atoms with Gasteiger partial charge in [0.1, 0.15) is 0 Å². The molecule has 0 saturated carbocycles. The monoisotopic (exact) mass is 176 g/mol. The van der Waals surface area contributed by atoms with Crippen molar-refractivity contribution in [1.82, 2.24) is 0 Å². The first kappa shape index (κ1) is 11.4. The van der Waals surface area contributed by atoms with Crippen LogP contribution < -0.4 is 0 Å². The van der Waals surface area contributed by atoms with Crippen LogP contribution in [0.15, 0.2) is 0 Å². The highest BCUT2D eigenvalue weighted by atomic mass is 16.6. The quantitative estimate of drug-likeness (QED) is 0.454. The predicted octanol–water partition coefficient (Wildman–Crippen LogP) is 0.601. The van der Waals surface area contributed by atoms with Gasteiger partial charge in [0.2, 0.25) is 0 Å². The number of methoxy groups -OCH3 is 2. The molecule has 0 aliphatic heterocycles. The first-order valence-electron chi connectivity index (χ1n) is 3.76. The summed E-state index contributed by atoms with van der Waals surface area (Å²) < 4.78 is 14.5. The van der Waals surface area contributed by atoms with Crippen molar-refractivity contribution in [1.29, 1.82) is 0 Å². The molecule has 0 aromatic carbocycles. The zero-order chi connectivity index (χ0) is 9.61. The second kappa shape index (κ2) is 5.11. The minimum Gasteiger partial charge on any atom is -0.467 e. The summed E-state index contributed by atoms with van der Waals surface area (Å²) in [4.78, 5) is 11.0. The molecule has 0 bridgehead atoms. The Labute approximate surface area is 72.8 Å². The number of hydrogen-bond acceptors (Lipinski definition) is 4.